The van der Waals surface area contributed by atoms with Crippen molar-refractivity contribution >= 4 is 16.9 Å². The maximum atomic E-state index is 11.3. The molecule has 2 aromatic rings. The molecule has 5 heteroatoms. The van der Waals surface area contributed by atoms with Crippen molar-refractivity contribution in [3.05, 3.63) is 35.6 Å². The fraction of sp³-hybridized carbons (Fsp3) is 0.400. The van der Waals surface area contributed by atoms with Gasteiger partial charge in [0.25, 0.3) is 0 Å². The van der Waals surface area contributed by atoms with Crippen LogP contribution in [0.3, 0.4) is 0 Å². The summed E-state index contributed by atoms with van der Waals surface area (Å²) in [7, 11) is 1.65. The van der Waals surface area contributed by atoms with Crippen LogP contribution in [0.5, 0.6) is 0 Å². The zero-order valence-corrected chi connectivity index (χ0v) is 11.9. The molecule has 2 N–H and O–H groups in total. The number of methoxy groups -OCH3 is 1. The molecule has 0 saturated carbocycles. The summed E-state index contributed by atoms with van der Waals surface area (Å²) >= 11 is 0. The minimum Gasteiger partial charge on any atom is -0.475 e. The lowest BCUT2D eigenvalue weighted by Crippen LogP contribution is -2.36. The number of hydrogen-bond donors (Lipinski definition) is 2. The van der Waals surface area contributed by atoms with Crippen LogP contribution in [0.1, 0.15) is 30.0 Å². The van der Waals surface area contributed by atoms with E-state index < -0.39 is 5.97 Å². The van der Waals surface area contributed by atoms with E-state index in [0.29, 0.717) is 24.2 Å². The molecule has 0 aliphatic rings. The highest BCUT2D eigenvalue weighted by atomic mass is 16.5. The van der Waals surface area contributed by atoms with Gasteiger partial charge in [-0.3, -0.25) is 0 Å². The third-order valence-electron chi connectivity index (χ3n) is 3.30. The van der Waals surface area contributed by atoms with Gasteiger partial charge in [-0.25, -0.2) is 4.79 Å². The number of aromatic carboxylic acids is 1. The van der Waals surface area contributed by atoms with E-state index in [-0.39, 0.29) is 11.4 Å². The average molecular weight is 277 g/mol. The summed E-state index contributed by atoms with van der Waals surface area (Å²) in [5.41, 5.74) is 0.954. The van der Waals surface area contributed by atoms with Gasteiger partial charge < -0.3 is 19.6 Å². The number of nitrogens with one attached hydrogen (secondary N) is 1. The Morgan fingerprint density at radius 3 is 2.75 bits per heavy atom. The molecule has 1 aromatic carbocycles. The van der Waals surface area contributed by atoms with E-state index in [1.54, 1.807) is 13.2 Å². The summed E-state index contributed by atoms with van der Waals surface area (Å²) < 4.78 is 10.7. The van der Waals surface area contributed by atoms with Crippen molar-refractivity contribution in [3.8, 4) is 0 Å². The van der Waals surface area contributed by atoms with Crippen LogP contribution in [-0.4, -0.2) is 30.3 Å². The van der Waals surface area contributed by atoms with E-state index in [0.717, 1.165) is 5.39 Å². The molecule has 0 bridgehead atoms. The highest BCUT2D eigenvalue weighted by Crippen LogP contribution is 2.25. The van der Waals surface area contributed by atoms with Crippen molar-refractivity contribution in [2.45, 2.75) is 26.0 Å². The molecule has 0 fully saturated rings. The molecule has 0 aliphatic carbocycles. The van der Waals surface area contributed by atoms with Crippen LogP contribution in [0.15, 0.2) is 28.7 Å². The topological polar surface area (TPSA) is 71.7 Å². The number of ether oxygens (including phenoxy) is 1. The number of hydrogen-bond acceptors (Lipinski definition) is 4. The number of carboxylic acids is 1. The highest BCUT2D eigenvalue weighted by Gasteiger charge is 2.21. The fourth-order valence-electron chi connectivity index (χ4n) is 2.01. The fourth-order valence-corrected chi connectivity index (χ4v) is 2.01. The zero-order valence-electron chi connectivity index (χ0n) is 11.9. The van der Waals surface area contributed by atoms with Gasteiger partial charge in [0.1, 0.15) is 5.58 Å². The molecule has 0 atom stereocenters. The van der Waals surface area contributed by atoms with E-state index in [2.05, 4.69) is 5.32 Å². The number of furan rings is 1. The predicted molar refractivity (Wildman–Crippen MR) is 76.0 cm³/mol. The summed E-state index contributed by atoms with van der Waals surface area (Å²) in [4.78, 5) is 11.3. The first-order valence-electron chi connectivity index (χ1n) is 6.44. The standard InChI is InChI=1S/C15H19NO4/c1-15(2,19-3)9-16-8-11-10-6-4-5-7-12(10)20-13(11)14(17)18/h4-7,16H,8-9H2,1-3H3,(H,17,18). The van der Waals surface area contributed by atoms with Crippen LogP contribution in [0, 0.1) is 0 Å². The van der Waals surface area contributed by atoms with Gasteiger partial charge in [0.15, 0.2) is 0 Å². The second-order valence-electron chi connectivity index (χ2n) is 5.28. The Bertz CT molecular complexity index is 615. The van der Waals surface area contributed by atoms with Crippen molar-refractivity contribution in [2.75, 3.05) is 13.7 Å². The lowest BCUT2D eigenvalue weighted by molar-refractivity contribution is 0.0230. The molecule has 0 amide bonds. The van der Waals surface area contributed by atoms with E-state index in [9.17, 15) is 9.90 Å². The highest BCUT2D eigenvalue weighted by molar-refractivity contribution is 5.95. The van der Waals surface area contributed by atoms with E-state index in [1.807, 2.05) is 32.0 Å². The molecule has 1 aromatic heterocycles. The molecule has 0 unspecified atom stereocenters. The summed E-state index contributed by atoms with van der Waals surface area (Å²) in [6, 6.07) is 7.32. The van der Waals surface area contributed by atoms with Gasteiger partial charge in [0, 0.05) is 31.1 Å². The molecule has 20 heavy (non-hydrogen) atoms. The van der Waals surface area contributed by atoms with Crippen molar-refractivity contribution in [1.82, 2.24) is 5.32 Å². The molecular weight excluding hydrogens is 258 g/mol. The third-order valence-corrected chi connectivity index (χ3v) is 3.30. The molecule has 1 heterocycles. The number of rotatable bonds is 6. The Morgan fingerprint density at radius 2 is 2.10 bits per heavy atom. The first-order valence-corrected chi connectivity index (χ1v) is 6.44. The smallest absolute Gasteiger partial charge is 0.372 e. The molecule has 5 nitrogen and oxygen atoms in total. The Hall–Kier alpha value is -1.85. The Labute approximate surface area is 117 Å². The zero-order chi connectivity index (χ0) is 14.8. The monoisotopic (exact) mass is 277 g/mol. The van der Waals surface area contributed by atoms with Gasteiger partial charge in [0.05, 0.1) is 5.60 Å². The van der Waals surface area contributed by atoms with Crippen molar-refractivity contribution in [1.29, 1.82) is 0 Å². The van der Waals surface area contributed by atoms with Crippen LogP contribution in [0.25, 0.3) is 11.0 Å². The number of fused-ring (bicyclic) bond motifs is 1. The van der Waals surface area contributed by atoms with Crippen LogP contribution in [0.2, 0.25) is 0 Å². The maximum Gasteiger partial charge on any atom is 0.372 e. The van der Waals surface area contributed by atoms with Crippen molar-refractivity contribution in [3.63, 3.8) is 0 Å². The number of para-hydroxylation sites is 1. The van der Waals surface area contributed by atoms with Crippen molar-refractivity contribution < 1.29 is 19.1 Å². The van der Waals surface area contributed by atoms with Crippen LogP contribution < -0.4 is 5.32 Å². The predicted octanol–water partition coefficient (Wildman–Crippen LogP) is 2.65. The van der Waals surface area contributed by atoms with Gasteiger partial charge in [-0.05, 0) is 19.9 Å². The molecule has 0 spiro atoms. The second kappa shape index (κ2) is 5.64. The van der Waals surface area contributed by atoms with Gasteiger partial charge in [0.2, 0.25) is 5.76 Å². The van der Waals surface area contributed by atoms with Gasteiger partial charge in [-0.1, -0.05) is 18.2 Å². The first-order chi connectivity index (χ1) is 9.44. The Morgan fingerprint density at radius 1 is 1.40 bits per heavy atom. The average Bonchev–Trinajstić information content (AvgIpc) is 2.78. The summed E-state index contributed by atoms with van der Waals surface area (Å²) in [5.74, 6) is -1.06. The molecule has 0 saturated heterocycles. The molecule has 0 aliphatic heterocycles. The Balaban J connectivity index is 2.24. The normalized spacial score (nSPS) is 11.9. The largest absolute Gasteiger partial charge is 0.475 e. The molecular formula is C15H19NO4. The minimum absolute atomic E-state index is 0.00563. The molecule has 2 rings (SSSR count). The quantitative estimate of drug-likeness (QED) is 0.849. The van der Waals surface area contributed by atoms with Crippen molar-refractivity contribution in [2.24, 2.45) is 0 Å². The summed E-state index contributed by atoms with van der Waals surface area (Å²) in [6.07, 6.45) is 0. The number of carbonyl (C=O) groups is 1. The van der Waals surface area contributed by atoms with E-state index in [4.69, 9.17) is 9.15 Å². The lowest BCUT2D eigenvalue weighted by atomic mass is 10.1. The Kier molecular flexibility index (Phi) is 4.11. The van der Waals surface area contributed by atoms with E-state index >= 15 is 0 Å². The minimum atomic E-state index is -1.05. The van der Waals surface area contributed by atoms with Crippen LogP contribution >= 0.6 is 0 Å². The van der Waals surface area contributed by atoms with Gasteiger partial charge in [-0.15, -0.1) is 0 Å². The van der Waals surface area contributed by atoms with E-state index in [1.165, 1.54) is 0 Å². The number of benzene rings is 1. The van der Waals surface area contributed by atoms with Gasteiger partial charge in [-0.2, -0.15) is 0 Å². The third kappa shape index (κ3) is 3.00. The molecule has 108 valence electrons. The number of carboxylic acid groups (broad SMARTS) is 1. The maximum absolute atomic E-state index is 11.3. The SMILES string of the molecule is COC(C)(C)CNCc1c(C(=O)O)oc2ccccc12. The summed E-state index contributed by atoms with van der Waals surface area (Å²) in [5, 5.41) is 13.3. The lowest BCUT2D eigenvalue weighted by Gasteiger charge is -2.23. The first kappa shape index (κ1) is 14.6. The second-order valence-corrected chi connectivity index (χ2v) is 5.28. The summed E-state index contributed by atoms with van der Waals surface area (Å²) in [6.45, 7) is 4.96. The molecule has 0 radical (unpaired) electrons. The van der Waals surface area contributed by atoms with Crippen LogP contribution in [0.4, 0.5) is 0 Å². The van der Waals surface area contributed by atoms with Gasteiger partial charge >= 0.3 is 5.97 Å². The van der Waals surface area contributed by atoms with Crippen LogP contribution in [-0.2, 0) is 11.3 Å².